The first kappa shape index (κ1) is 55.9. The Balaban J connectivity index is 0.000000451. The first-order valence-corrected chi connectivity index (χ1v) is 24.2. The van der Waals surface area contributed by atoms with Gasteiger partial charge in [0.1, 0.15) is 0 Å². The van der Waals surface area contributed by atoms with E-state index in [1.54, 1.807) is 0 Å². The Labute approximate surface area is 378 Å². The highest BCUT2D eigenvalue weighted by atomic mass is 16.5. The summed E-state index contributed by atoms with van der Waals surface area (Å²) in [6, 6.07) is 0. The molecule has 0 amide bonds. The van der Waals surface area contributed by atoms with E-state index in [1.807, 2.05) is 0 Å². The van der Waals surface area contributed by atoms with Crippen molar-refractivity contribution >= 4 is 23.9 Å². The molecular formula is C51H95N3O8. The molecule has 3 heterocycles. The van der Waals surface area contributed by atoms with Crippen LogP contribution < -0.4 is 0 Å². The van der Waals surface area contributed by atoms with Gasteiger partial charge in [-0.15, -0.1) is 0 Å². The van der Waals surface area contributed by atoms with Gasteiger partial charge in [-0.2, -0.15) is 0 Å². The number of piperidine rings is 3. The monoisotopic (exact) mass is 878 g/mol. The number of rotatable bonds is 21. The Morgan fingerprint density at radius 1 is 0.565 bits per heavy atom. The number of hydrogen-bond donors (Lipinski definition) is 3. The number of methoxy groups -OCH3 is 1. The Morgan fingerprint density at radius 3 is 1.40 bits per heavy atom. The number of aliphatic carboxylic acids is 3. The number of carbonyl (C=O) groups is 4. The predicted octanol–water partition coefficient (Wildman–Crippen LogP) is 10.7. The molecule has 0 aromatic rings. The lowest BCUT2D eigenvalue weighted by molar-refractivity contribution is -0.191. The lowest BCUT2D eigenvalue weighted by Crippen LogP contribution is -2.66. The van der Waals surface area contributed by atoms with Crippen LogP contribution in [0.5, 0.6) is 0 Å². The lowest BCUT2D eigenvalue weighted by Gasteiger charge is -2.63. The van der Waals surface area contributed by atoms with E-state index < -0.39 is 23.3 Å². The van der Waals surface area contributed by atoms with Crippen molar-refractivity contribution in [1.82, 2.24) is 14.7 Å². The molecule has 0 spiro atoms. The molecule has 3 saturated heterocycles. The van der Waals surface area contributed by atoms with Crippen molar-refractivity contribution in [3.05, 3.63) is 0 Å². The highest BCUT2D eigenvalue weighted by Crippen LogP contribution is 2.62. The van der Waals surface area contributed by atoms with Gasteiger partial charge in [0.2, 0.25) is 0 Å². The van der Waals surface area contributed by atoms with E-state index in [-0.39, 0.29) is 69.4 Å². The number of ether oxygens (including phenoxy) is 1. The van der Waals surface area contributed by atoms with Gasteiger partial charge in [0.25, 0.3) is 0 Å². The van der Waals surface area contributed by atoms with E-state index in [9.17, 15) is 29.4 Å². The third kappa shape index (κ3) is 14.9. The first-order valence-electron chi connectivity index (χ1n) is 24.2. The van der Waals surface area contributed by atoms with Gasteiger partial charge in [0.15, 0.2) is 0 Å². The topological polar surface area (TPSA) is 148 Å². The van der Waals surface area contributed by atoms with E-state index >= 15 is 0 Å². The van der Waals surface area contributed by atoms with Gasteiger partial charge in [-0.1, -0.05) is 86.5 Å². The first-order chi connectivity index (χ1) is 28.3. The largest absolute Gasteiger partial charge is 0.481 e. The van der Waals surface area contributed by atoms with E-state index in [0.29, 0.717) is 25.2 Å². The molecule has 0 radical (unpaired) electrons. The minimum atomic E-state index is -0.800. The fraction of sp³-hybridized carbons (Fsp3) is 0.922. The maximum Gasteiger partial charge on any atom is 0.310 e. The van der Waals surface area contributed by atoms with Crippen LogP contribution in [0.15, 0.2) is 0 Å². The number of esters is 1. The average molecular weight is 878 g/mol. The molecule has 11 heteroatoms. The van der Waals surface area contributed by atoms with E-state index in [1.165, 1.54) is 7.11 Å². The van der Waals surface area contributed by atoms with Gasteiger partial charge in [-0.3, -0.25) is 19.2 Å². The predicted molar refractivity (Wildman–Crippen MR) is 251 cm³/mol. The highest BCUT2D eigenvalue weighted by molar-refractivity contribution is 5.76. The zero-order chi connectivity index (χ0) is 47.7. The van der Waals surface area contributed by atoms with Gasteiger partial charge in [-0.25, -0.2) is 0 Å². The van der Waals surface area contributed by atoms with Crippen molar-refractivity contribution in [2.45, 2.75) is 209 Å². The van der Waals surface area contributed by atoms with Crippen molar-refractivity contribution < 1.29 is 39.2 Å². The zero-order valence-electron chi connectivity index (χ0n) is 42.7. The molecule has 3 aliphatic rings. The Morgan fingerprint density at radius 2 is 0.968 bits per heavy atom. The highest BCUT2D eigenvalue weighted by Gasteiger charge is 2.64. The molecule has 11 nitrogen and oxygen atoms in total. The number of nitrogens with zero attached hydrogens (tertiary/aromatic N) is 3. The fourth-order valence-electron chi connectivity index (χ4n) is 12.2. The molecule has 3 fully saturated rings. The summed E-state index contributed by atoms with van der Waals surface area (Å²) in [6.45, 7) is 30.1. The molecule has 62 heavy (non-hydrogen) atoms. The van der Waals surface area contributed by atoms with Crippen molar-refractivity contribution in [2.75, 3.05) is 47.9 Å². The molecule has 3 rings (SSSR count). The van der Waals surface area contributed by atoms with Crippen LogP contribution in [0.4, 0.5) is 0 Å². The number of likely N-dealkylation sites (tertiary alicyclic amines) is 3. The number of carboxylic acids is 3. The van der Waals surface area contributed by atoms with Crippen molar-refractivity contribution in [3.63, 3.8) is 0 Å². The normalized spacial score (nSPS) is 26.9. The maximum absolute atomic E-state index is 13.7. The van der Waals surface area contributed by atoms with Crippen LogP contribution in [0.2, 0.25) is 0 Å². The molecule has 0 saturated carbocycles. The third-order valence-corrected chi connectivity index (χ3v) is 16.6. The lowest BCUT2D eigenvalue weighted by atomic mass is 9.46. The molecule has 4 atom stereocenters. The second-order valence-electron chi connectivity index (χ2n) is 24.2. The molecule has 0 bridgehead atoms. The standard InChI is InChI=1S/C30H56N2O4.C21H39NO4/c1-26(2)20-31(9)28(5,6)18-22(26)30(25(35)36,17-15-13-11-12-14-16-24(33)34)23-19-29(7,8)32(10)21-27(23,3)4;1-20(2)15-22(5)21(3,4)14-17(20)16(13-18(23)24)11-9-7-8-10-12-19(25)26-6/h22-23H,11-21H2,1-10H3,(H,33,34)(H,35,36);16-17H,7-15H2,1-6H3,(H,23,24). The fourth-order valence-corrected chi connectivity index (χ4v) is 12.2. The van der Waals surface area contributed by atoms with Gasteiger partial charge >= 0.3 is 23.9 Å². The number of hydrogen-bond acceptors (Lipinski definition) is 8. The summed E-state index contributed by atoms with van der Waals surface area (Å²) in [5.74, 6) is -1.40. The molecule has 0 aromatic carbocycles. The van der Waals surface area contributed by atoms with Crippen LogP contribution in [-0.2, 0) is 23.9 Å². The second kappa shape index (κ2) is 22.3. The summed E-state index contributed by atoms with van der Waals surface area (Å²) in [7, 11) is 7.95. The smallest absolute Gasteiger partial charge is 0.310 e. The van der Waals surface area contributed by atoms with Crippen molar-refractivity contribution in [2.24, 2.45) is 45.3 Å². The van der Waals surface area contributed by atoms with Crippen LogP contribution >= 0.6 is 0 Å². The Kier molecular flexibility index (Phi) is 20.1. The van der Waals surface area contributed by atoms with Gasteiger partial charge < -0.3 is 34.8 Å². The molecular weight excluding hydrogens is 783 g/mol. The summed E-state index contributed by atoms with van der Waals surface area (Å²) in [6.07, 6.45) is 13.7. The molecule has 0 aromatic heterocycles. The second-order valence-corrected chi connectivity index (χ2v) is 24.2. The zero-order valence-corrected chi connectivity index (χ0v) is 42.7. The van der Waals surface area contributed by atoms with Gasteiger partial charge in [0.05, 0.1) is 12.5 Å². The SMILES string of the molecule is CN1CC(C)(C)C(C(CCCCCCCC(=O)O)(C(=O)O)C2CC(C)(C)N(C)CC2(C)C)CC1(C)C.COC(=O)CCCCCCC(CC(=O)O)C1CC(C)(C)N(C)CC1(C)C. The van der Waals surface area contributed by atoms with Crippen LogP contribution in [-0.4, -0.2) is 118 Å². The van der Waals surface area contributed by atoms with Crippen molar-refractivity contribution in [3.8, 4) is 0 Å². The number of carbonyl (C=O) groups excluding carboxylic acids is 1. The quantitative estimate of drug-likeness (QED) is 0.0747. The Bertz CT molecular complexity index is 1430. The maximum atomic E-state index is 13.7. The summed E-state index contributed by atoms with van der Waals surface area (Å²) in [5, 5.41) is 29.6. The van der Waals surface area contributed by atoms with Crippen LogP contribution in [0.1, 0.15) is 192 Å². The van der Waals surface area contributed by atoms with Crippen LogP contribution in [0.3, 0.4) is 0 Å². The number of unbranched alkanes of at least 4 members (excludes halogenated alkanes) is 7. The van der Waals surface area contributed by atoms with Crippen LogP contribution in [0.25, 0.3) is 0 Å². The average Bonchev–Trinajstić information content (AvgIpc) is 3.12. The van der Waals surface area contributed by atoms with E-state index in [0.717, 1.165) is 96.7 Å². The number of carboxylic acid groups (broad SMARTS) is 3. The van der Waals surface area contributed by atoms with E-state index in [2.05, 4.69) is 124 Å². The molecule has 3 N–H and O–H groups in total. The molecule has 3 aliphatic heterocycles. The summed E-state index contributed by atoms with van der Waals surface area (Å²) >= 11 is 0. The minimum absolute atomic E-state index is 0.0527. The molecule has 4 unspecified atom stereocenters. The molecule has 362 valence electrons. The third-order valence-electron chi connectivity index (χ3n) is 16.6. The van der Waals surface area contributed by atoms with Crippen molar-refractivity contribution in [1.29, 1.82) is 0 Å². The summed E-state index contributed by atoms with van der Waals surface area (Å²) in [5.41, 5.74) is -0.912. The van der Waals surface area contributed by atoms with E-state index in [4.69, 9.17) is 5.11 Å². The molecule has 0 aliphatic carbocycles. The van der Waals surface area contributed by atoms with Crippen LogP contribution in [0, 0.1) is 45.3 Å². The summed E-state index contributed by atoms with van der Waals surface area (Å²) in [4.78, 5) is 54.4. The minimum Gasteiger partial charge on any atom is -0.481 e. The van der Waals surface area contributed by atoms with Gasteiger partial charge in [0, 0.05) is 55.5 Å². The van der Waals surface area contributed by atoms with Gasteiger partial charge in [-0.05, 0) is 148 Å². The summed E-state index contributed by atoms with van der Waals surface area (Å²) < 4.78 is 4.66. The Hall–Kier alpha value is -2.24.